The Morgan fingerprint density at radius 1 is 1.08 bits per heavy atom. The quantitative estimate of drug-likeness (QED) is 0.573. The Balaban J connectivity index is 2.27. The molecule has 3 heterocycles. The summed E-state index contributed by atoms with van der Waals surface area (Å²) in [4.78, 5) is 4.42. The lowest BCUT2D eigenvalue weighted by atomic mass is 9.96. The lowest BCUT2D eigenvalue weighted by molar-refractivity contribution is 0.398. The fourth-order valence-electron chi connectivity index (χ4n) is 3.14. The molecular weight excluding hydrogens is 318 g/mol. The minimum atomic E-state index is 0.607. The molecule has 25 heavy (non-hydrogen) atoms. The van der Waals surface area contributed by atoms with Crippen molar-refractivity contribution >= 4 is 21.9 Å². The van der Waals surface area contributed by atoms with E-state index in [1.165, 1.54) is 0 Å². The van der Waals surface area contributed by atoms with E-state index >= 15 is 0 Å². The second-order valence-corrected chi connectivity index (χ2v) is 5.72. The first-order valence-corrected chi connectivity index (χ1v) is 7.80. The average molecular weight is 335 g/mol. The zero-order chi connectivity index (χ0) is 17.6. The summed E-state index contributed by atoms with van der Waals surface area (Å²) in [6, 6.07) is 5.77. The number of rotatable bonds is 3. The SMILES string of the molecule is COc1cc(OC)c2nnc3c(cnn3C)c2c1-c1cccnc1C. The summed E-state index contributed by atoms with van der Waals surface area (Å²) < 4.78 is 12.9. The van der Waals surface area contributed by atoms with Gasteiger partial charge in [0.2, 0.25) is 0 Å². The highest BCUT2D eigenvalue weighted by atomic mass is 16.5. The molecule has 3 aromatic heterocycles. The van der Waals surface area contributed by atoms with Crippen LogP contribution in [0.5, 0.6) is 11.5 Å². The van der Waals surface area contributed by atoms with Gasteiger partial charge in [0.25, 0.3) is 0 Å². The number of methoxy groups -OCH3 is 2. The van der Waals surface area contributed by atoms with Gasteiger partial charge in [-0.2, -0.15) is 5.10 Å². The molecule has 0 atom stereocenters. The second-order valence-electron chi connectivity index (χ2n) is 5.72. The third-order valence-electron chi connectivity index (χ3n) is 4.37. The van der Waals surface area contributed by atoms with E-state index in [1.807, 2.05) is 32.2 Å². The van der Waals surface area contributed by atoms with E-state index < -0.39 is 0 Å². The molecule has 0 amide bonds. The summed E-state index contributed by atoms with van der Waals surface area (Å²) in [5.41, 5.74) is 4.16. The van der Waals surface area contributed by atoms with Crippen LogP contribution in [0.15, 0.2) is 30.6 Å². The van der Waals surface area contributed by atoms with Crippen LogP contribution in [0.2, 0.25) is 0 Å². The lowest BCUT2D eigenvalue weighted by Gasteiger charge is -2.16. The number of hydrogen-bond acceptors (Lipinski definition) is 6. The molecule has 0 N–H and O–H groups in total. The zero-order valence-corrected chi connectivity index (χ0v) is 14.4. The molecular formula is C18H17N5O2. The van der Waals surface area contributed by atoms with Crippen LogP contribution in [0.25, 0.3) is 33.1 Å². The van der Waals surface area contributed by atoms with E-state index in [0.717, 1.165) is 27.6 Å². The number of ether oxygens (including phenoxy) is 2. The fraction of sp³-hybridized carbons (Fsp3) is 0.222. The molecule has 0 aliphatic heterocycles. The Kier molecular flexibility index (Phi) is 3.49. The highest BCUT2D eigenvalue weighted by molar-refractivity contribution is 6.14. The fourth-order valence-corrected chi connectivity index (χ4v) is 3.14. The Bertz CT molecular complexity index is 1100. The van der Waals surface area contributed by atoms with E-state index in [2.05, 4.69) is 20.3 Å². The van der Waals surface area contributed by atoms with Crippen molar-refractivity contribution in [3.05, 3.63) is 36.3 Å². The molecule has 0 aliphatic carbocycles. The molecule has 0 aliphatic rings. The molecule has 0 saturated heterocycles. The molecule has 0 unspecified atom stereocenters. The van der Waals surface area contributed by atoms with E-state index in [9.17, 15) is 0 Å². The predicted octanol–water partition coefficient (Wildman–Crippen LogP) is 2.90. The van der Waals surface area contributed by atoms with Crippen molar-refractivity contribution < 1.29 is 9.47 Å². The van der Waals surface area contributed by atoms with E-state index in [1.54, 1.807) is 31.3 Å². The van der Waals surface area contributed by atoms with Gasteiger partial charge in [-0.3, -0.25) is 4.98 Å². The minimum Gasteiger partial charge on any atom is -0.496 e. The van der Waals surface area contributed by atoms with Gasteiger partial charge in [0, 0.05) is 41.5 Å². The molecule has 0 spiro atoms. The number of aromatic nitrogens is 5. The van der Waals surface area contributed by atoms with Crippen LogP contribution in [-0.2, 0) is 7.05 Å². The minimum absolute atomic E-state index is 0.607. The largest absolute Gasteiger partial charge is 0.496 e. The van der Waals surface area contributed by atoms with E-state index in [0.29, 0.717) is 22.7 Å². The second kappa shape index (κ2) is 5.70. The molecule has 126 valence electrons. The maximum absolute atomic E-state index is 5.68. The number of aryl methyl sites for hydroxylation is 2. The number of fused-ring (bicyclic) bond motifs is 3. The third-order valence-corrected chi connectivity index (χ3v) is 4.37. The van der Waals surface area contributed by atoms with E-state index in [-0.39, 0.29) is 0 Å². The van der Waals surface area contributed by atoms with Gasteiger partial charge < -0.3 is 9.47 Å². The Morgan fingerprint density at radius 2 is 1.88 bits per heavy atom. The van der Waals surface area contributed by atoms with Crippen LogP contribution in [0.1, 0.15) is 5.69 Å². The lowest BCUT2D eigenvalue weighted by Crippen LogP contribution is -1.99. The third kappa shape index (κ3) is 2.20. The summed E-state index contributed by atoms with van der Waals surface area (Å²) in [6.45, 7) is 1.97. The highest BCUT2D eigenvalue weighted by Gasteiger charge is 2.21. The first-order chi connectivity index (χ1) is 12.2. The summed E-state index contributed by atoms with van der Waals surface area (Å²) >= 11 is 0. The summed E-state index contributed by atoms with van der Waals surface area (Å²) in [5.74, 6) is 1.30. The summed E-state index contributed by atoms with van der Waals surface area (Å²) in [6.07, 6.45) is 3.57. The Morgan fingerprint density at radius 3 is 2.60 bits per heavy atom. The standard InChI is InChI=1S/C18H17N5O2/c1-10-11(6-5-7-19-10)15-13(24-3)8-14(25-4)17-16(15)12-9-20-23(2)18(12)22-21-17/h5-9H,1-4H3. The Labute approximate surface area is 144 Å². The number of pyridine rings is 1. The van der Waals surface area contributed by atoms with Crippen LogP contribution >= 0.6 is 0 Å². The van der Waals surface area contributed by atoms with Gasteiger partial charge in [0.05, 0.1) is 25.8 Å². The summed E-state index contributed by atoms with van der Waals surface area (Å²) in [7, 11) is 5.10. The van der Waals surface area contributed by atoms with Gasteiger partial charge >= 0.3 is 0 Å². The van der Waals surface area contributed by atoms with Crippen molar-refractivity contribution in [2.45, 2.75) is 6.92 Å². The first-order valence-electron chi connectivity index (χ1n) is 7.80. The average Bonchev–Trinajstić information content (AvgIpc) is 3.02. The van der Waals surface area contributed by atoms with Gasteiger partial charge in [-0.05, 0) is 13.0 Å². The maximum atomic E-state index is 5.68. The highest BCUT2D eigenvalue weighted by Crippen LogP contribution is 2.44. The molecule has 7 heteroatoms. The maximum Gasteiger partial charge on any atom is 0.180 e. The smallest absolute Gasteiger partial charge is 0.180 e. The number of benzene rings is 1. The topological polar surface area (TPSA) is 75.0 Å². The van der Waals surface area contributed by atoms with Crippen molar-refractivity contribution in [3.8, 4) is 22.6 Å². The van der Waals surface area contributed by atoms with Gasteiger partial charge in [-0.1, -0.05) is 6.07 Å². The number of hydrogen-bond donors (Lipinski definition) is 0. The van der Waals surface area contributed by atoms with Gasteiger partial charge in [-0.25, -0.2) is 4.68 Å². The predicted molar refractivity (Wildman–Crippen MR) is 94.9 cm³/mol. The zero-order valence-electron chi connectivity index (χ0n) is 14.4. The van der Waals surface area contributed by atoms with Gasteiger partial charge in [0.1, 0.15) is 11.3 Å². The first kappa shape index (κ1) is 15.3. The van der Waals surface area contributed by atoms with Crippen LogP contribution in [0.3, 0.4) is 0 Å². The molecule has 0 fully saturated rings. The van der Waals surface area contributed by atoms with E-state index in [4.69, 9.17) is 9.47 Å². The van der Waals surface area contributed by atoms with Gasteiger partial charge in [-0.15, -0.1) is 10.2 Å². The van der Waals surface area contributed by atoms with Crippen molar-refractivity contribution in [2.24, 2.45) is 7.05 Å². The van der Waals surface area contributed by atoms with Crippen LogP contribution in [-0.4, -0.2) is 39.2 Å². The van der Waals surface area contributed by atoms with Crippen LogP contribution in [0, 0.1) is 6.92 Å². The molecule has 0 saturated carbocycles. The molecule has 0 radical (unpaired) electrons. The monoisotopic (exact) mass is 335 g/mol. The molecule has 0 bridgehead atoms. The van der Waals surface area contributed by atoms with Crippen LogP contribution < -0.4 is 9.47 Å². The van der Waals surface area contributed by atoms with Crippen LogP contribution in [0.4, 0.5) is 0 Å². The molecule has 1 aromatic carbocycles. The molecule has 7 nitrogen and oxygen atoms in total. The number of nitrogens with zero attached hydrogens (tertiary/aromatic N) is 5. The molecule has 4 aromatic rings. The van der Waals surface area contributed by atoms with Crippen molar-refractivity contribution in [3.63, 3.8) is 0 Å². The molecule has 4 rings (SSSR count). The van der Waals surface area contributed by atoms with Crippen molar-refractivity contribution in [2.75, 3.05) is 14.2 Å². The van der Waals surface area contributed by atoms with Crippen molar-refractivity contribution in [1.29, 1.82) is 0 Å². The Hall–Kier alpha value is -3.22. The summed E-state index contributed by atoms with van der Waals surface area (Å²) in [5, 5.41) is 14.8. The van der Waals surface area contributed by atoms with Crippen molar-refractivity contribution in [1.82, 2.24) is 25.0 Å². The van der Waals surface area contributed by atoms with Gasteiger partial charge in [0.15, 0.2) is 11.4 Å². The normalized spacial score (nSPS) is 11.2.